The van der Waals surface area contributed by atoms with Gasteiger partial charge in [0.25, 0.3) is 0 Å². The van der Waals surface area contributed by atoms with Crippen LogP contribution in [0.3, 0.4) is 0 Å². The van der Waals surface area contributed by atoms with Crippen LogP contribution in [0.4, 0.5) is 0 Å². The van der Waals surface area contributed by atoms with Gasteiger partial charge in [0.1, 0.15) is 12.4 Å². The second kappa shape index (κ2) is 9.18. The molecular formula is C24H25NO6S. The lowest BCUT2D eigenvalue weighted by atomic mass is 10.0. The van der Waals surface area contributed by atoms with E-state index >= 15 is 0 Å². The molecule has 2 aromatic carbocycles. The molecule has 1 aliphatic heterocycles. The van der Waals surface area contributed by atoms with Crippen molar-refractivity contribution in [1.82, 2.24) is 0 Å². The van der Waals surface area contributed by atoms with Gasteiger partial charge >= 0.3 is 0 Å². The van der Waals surface area contributed by atoms with Gasteiger partial charge in [0.15, 0.2) is 21.2 Å². The highest BCUT2D eigenvalue weighted by Crippen LogP contribution is 2.36. The standard InChI is InChI=1S/C24H25NO6S/c1-2-9-29-10-11-30-20-5-3-4-17-15-21(31-23(17)20)16-6-7-22-19(13-16)14-18(24(25)26)8-12-32(22,27)28/h3-7,13-15H,2,8-12H2,1H3,(H2,25,26). The lowest BCUT2D eigenvalue weighted by Crippen LogP contribution is -2.15. The third-order valence-corrected chi connectivity index (χ3v) is 7.04. The van der Waals surface area contributed by atoms with Crippen LogP contribution in [-0.2, 0) is 19.4 Å². The fraction of sp³-hybridized carbons (Fsp3) is 0.292. The van der Waals surface area contributed by atoms with Crippen molar-refractivity contribution in [3.8, 4) is 17.1 Å². The number of benzene rings is 2. The van der Waals surface area contributed by atoms with Crippen molar-refractivity contribution in [3.63, 3.8) is 0 Å². The number of hydrogen-bond acceptors (Lipinski definition) is 6. The van der Waals surface area contributed by atoms with Gasteiger partial charge in [-0.15, -0.1) is 0 Å². The Morgan fingerprint density at radius 2 is 1.97 bits per heavy atom. The number of para-hydroxylation sites is 1. The van der Waals surface area contributed by atoms with Gasteiger partial charge in [-0.25, -0.2) is 8.42 Å². The summed E-state index contributed by atoms with van der Waals surface area (Å²) in [4.78, 5) is 11.9. The largest absolute Gasteiger partial charge is 0.487 e. The highest BCUT2D eigenvalue weighted by atomic mass is 32.2. The zero-order chi connectivity index (χ0) is 22.7. The second-order valence-electron chi connectivity index (χ2n) is 7.60. The van der Waals surface area contributed by atoms with Crippen LogP contribution < -0.4 is 10.5 Å². The molecule has 1 aromatic heterocycles. The van der Waals surface area contributed by atoms with E-state index < -0.39 is 15.7 Å². The number of fused-ring (bicyclic) bond motifs is 2. The Labute approximate surface area is 186 Å². The number of hydrogen-bond donors (Lipinski definition) is 1. The van der Waals surface area contributed by atoms with E-state index in [2.05, 4.69) is 0 Å². The van der Waals surface area contributed by atoms with Crippen LogP contribution in [0.1, 0.15) is 25.3 Å². The minimum atomic E-state index is -3.51. The van der Waals surface area contributed by atoms with E-state index in [1.54, 1.807) is 24.3 Å². The molecule has 7 nitrogen and oxygen atoms in total. The highest BCUT2D eigenvalue weighted by molar-refractivity contribution is 7.91. The first-order chi connectivity index (χ1) is 15.4. The first kappa shape index (κ1) is 22.1. The Morgan fingerprint density at radius 3 is 2.75 bits per heavy atom. The van der Waals surface area contributed by atoms with Gasteiger partial charge in [-0.05, 0) is 54.8 Å². The Hall–Kier alpha value is -3.10. The predicted octanol–water partition coefficient (Wildman–Crippen LogP) is 3.95. The maximum absolute atomic E-state index is 12.6. The topological polar surface area (TPSA) is 109 Å². The molecule has 1 amide bonds. The fourth-order valence-electron chi connectivity index (χ4n) is 3.66. The summed E-state index contributed by atoms with van der Waals surface area (Å²) in [6.45, 7) is 3.64. The lowest BCUT2D eigenvalue weighted by molar-refractivity contribution is -0.114. The van der Waals surface area contributed by atoms with E-state index in [0.717, 1.165) is 11.8 Å². The number of primary amides is 1. The molecule has 0 atom stereocenters. The van der Waals surface area contributed by atoms with E-state index in [9.17, 15) is 13.2 Å². The maximum Gasteiger partial charge on any atom is 0.244 e. The van der Waals surface area contributed by atoms with Crippen LogP contribution in [0.2, 0.25) is 0 Å². The maximum atomic E-state index is 12.6. The third-order valence-electron chi connectivity index (χ3n) is 5.26. The van der Waals surface area contributed by atoms with Crippen molar-refractivity contribution in [1.29, 1.82) is 0 Å². The molecular weight excluding hydrogens is 430 g/mol. The normalized spacial score (nSPS) is 15.1. The van der Waals surface area contributed by atoms with Gasteiger partial charge in [0.2, 0.25) is 5.91 Å². The average molecular weight is 456 g/mol. The van der Waals surface area contributed by atoms with Crippen molar-refractivity contribution >= 4 is 32.8 Å². The average Bonchev–Trinajstić information content (AvgIpc) is 3.15. The third kappa shape index (κ3) is 4.56. The molecule has 8 heteroatoms. The van der Waals surface area contributed by atoms with E-state index in [4.69, 9.17) is 19.6 Å². The van der Waals surface area contributed by atoms with Gasteiger partial charge in [0, 0.05) is 23.1 Å². The number of carbonyl (C=O) groups excluding carboxylic acids is 1. The lowest BCUT2D eigenvalue weighted by Gasteiger charge is -2.07. The van der Waals surface area contributed by atoms with Crippen molar-refractivity contribution < 1.29 is 27.1 Å². The highest BCUT2D eigenvalue weighted by Gasteiger charge is 2.24. The van der Waals surface area contributed by atoms with Crippen molar-refractivity contribution in [2.75, 3.05) is 25.6 Å². The van der Waals surface area contributed by atoms with Gasteiger partial charge in [-0.3, -0.25) is 4.79 Å². The molecule has 2 heterocycles. The molecule has 0 saturated heterocycles. The van der Waals surface area contributed by atoms with Crippen LogP contribution >= 0.6 is 0 Å². The van der Waals surface area contributed by atoms with Crippen molar-refractivity contribution in [2.45, 2.75) is 24.7 Å². The molecule has 2 N–H and O–H groups in total. The summed E-state index contributed by atoms with van der Waals surface area (Å²) in [5, 5.41) is 0.864. The monoisotopic (exact) mass is 455 g/mol. The summed E-state index contributed by atoms with van der Waals surface area (Å²) < 4.78 is 42.6. The summed E-state index contributed by atoms with van der Waals surface area (Å²) in [7, 11) is -3.51. The van der Waals surface area contributed by atoms with E-state index in [0.29, 0.717) is 48.0 Å². The van der Waals surface area contributed by atoms with Crippen LogP contribution in [0.15, 0.2) is 57.4 Å². The first-order valence-electron chi connectivity index (χ1n) is 10.5. The fourth-order valence-corrected chi connectivity index (χ4v) is 5.12. The zero-order valence-electron chi connectivity index (χ0n) is 17.8. The molecule has 0 saturated carbocycles. The number of ether oxygens (including phenoxy) is 2. The number of nitrogens with two attached hydrogens (primary N) is 1. The van der Waals surface area contributed by atoms with Crippen molar-refractivity contribution in [3.05, 3.63) is 53.6 Å². The number of carbonyl (C=O) groups is 1. The van der Waals surface area contributed by atoms with Crippen LogP contribution in [-0.4, -0.2) is 39.9 Å². The Morgan fingerprint density at radius 1 is 1.12 bits per heavy atom. The molecule has 0 fully saturated rings. The smallest absolute Gasteiger partial charge is 0.244 e. The van der Waals surface area contributed by atoms with E-state index in [1.165, 1.54) is 0 Å². The summed E-state index contributed by atoms with van der Waals surface area (Å²) in [6.07, 6.45) is 2.60. The molecule has 168 valence electrons. The molecule has 0 spiro atoms. The molecule has 4 rings (SSSR count). The van der Waals surface area contributed by atoms with Gasteiger partial charge in [-0.1, -0.05) is 19.1 Å². The predicted molar refractivity (Wildman–Crippen MR) is 122 cm³/mol. The van der Waals surface area contributed by atoms with E-state index in [-0.39, 0.29) is 22.6 Å². The second-order valence-corrected chi connectivity index (χ2v) is 9.68. The molecule has 3 aromatic rings. The molecule has 0 unspecified atom stereocenters. The minimum Gasteiger partial charge on any atom is -0.487 e. The summed E-state index contributed by atoms with van der Waals surface area (Å²) >= 11 is 0. The molecule has 0 bridgehead atoms. The number of furan rings is 1. The Kier molecular flexibility index (Phi) is 6.34. The SMILES string of the molecule is CCCOCCOc1cccc2cc(-c3ccc4c(c3)C=C(C(N)=O)CCS4(=O)=O)oc12. The summed E-state index contributed by atoms with van der Waals surface area (Å²) in [5.41, 5.74) is 7.43. The number of sulfone groups is 1. The first-order valence-corrected chi connectivity index (χ1v) is 12.1. The minimum absolute atomic E-state index is 0.0922. The molecule has 32 heavy (non-hydrogen) atoms. The van der Waals surface area contributed by atoms with Crippen molar-refractivity contribution in [2.24, 2.45) is 5.73 Å². The van der Waals surface area contributed by atoms with Crippen LogP contribution in [0, 0.1) is 0 Å². The molecule has 0 aliphatic carbocycles. The van der Waals surface area contributed by atoms with Crippen LogP contribution in [0.25, 0.3) is 28.4 Å². The number of rotatable bonds is 8. The zero-order valence-corrected chi connectivity index (χ0v) is 18.6. The number of amides is 1. The van der Waals surface area contributed by atoms with Crippen LogP contribution in [0.5, 0.6) is 5.75 Å². The van der Waals surface area contributed by atoms with Gasteiger partial charge in [0.05, 0.1) is 17.3 Å². The quantitative estimate of drug-likeness (QED) is 0.515. The summed E-state index contributed by atoms with van der Waals surface area (Å²) in [5.74, 6) is 0.410. The van der Waals surface area contributed by atoms with Gasteiger partial charge < -0.3 is 19.6 Å². The Balaban J connectivity index is 1.68. The van der Waals surface area contributed by atoms with Gasteiger partial charge in [-0.2, -0.15) is 0 Å². The Bertz CT molecular complexity index is 1290. The molecule has 1 aliphatic rings. The summed E-state index contributed by atoms with van der Waals surface area (Å²) in [6, 6.07) is 12.5. The molecule has 0 radical (unpaired) electrons. The van der Waals surface area contributed by atoms with E-state index in [1.807, 2.05) is 31.2 Å².